The standard InChI is InChI=1S/C12H19N3O3S2/c1-15(7-8-20(3,17)18)9-5-4-6-10(19-2)11(9)12(13)14-16/h4-6,16H,7-8H2,1-3H3,(H2,13,14). The molecule has 0 saturated carbocycles. The van der Waals surface area contributed by atoms with Gasteiger partial charge in [-0.15, -0.1) is 11.8 Å². The second-order valence-electron chi connectivity index (χ2n) is 4.39. The minimum atomic E-state index is -3.04. The third-order valence-corrected chi connectivity index (χ3v) is 4.50. The molecule has 0 fully saturated rings. The Bertz CT molecular complexity index is 600. The van der Waals surface area contributed by atoms with Gasteiger partial charge in [0.2, 0.25) is 0 Å². The molecule has 3 N–H and O–H groups in total. The molecular weight excluding hydrogens is 298 g/mol. The molecule has 8 heteroatoms. The van der Waals surface area contributed by atoms with E-state index in [9.17, 15) is 8.42 Å². The fraction of sp³-hybridized carbons (Fsp3) is 0.417. The summed E-state index contributed by atoms with van der Waals surface area (Å²) in [6.07, 6.45) is 3.09. The largest absolute Gasteiger partial charge is 0.409 e. The first-order valence-corrected chi connectivity index (χ1v) is 9.12. The maximum atomic E-state index is 11.2. The molecule has 0 saturated heterocycles. The number of nitrogens with zero attached hydrogens (tertiary/aromatic N) is 2. The number of benzene rings is 1. The Hall–Kier alpha value is -1.41. The zero-order chi connectivity index (χ0) is 15.3. The maximum Gasteiger partial charge on any atom is 0.173 e. The summed E-state index contributed by atoms with van der Waals surface area (Å²) >= 11 is 1.48. The van der Waals surface area contributed by atoms with Gasteiger partial charge in [-0.25, -0.2) is 8.42 Å². The van der Waals surface area contributed by atoms with Gasteiger partial charge in [-0.2, -0.15) is 0 Å². The van der Waals surface area contributed by atoms with Gasteiger partial charge in [-0.3, -0.25) is 0 Å². The average Bonchev–Trinajstić information content (AvgIpc) is 2.42. The topological polar surface area (TPSA) is 96.0 Å². The van der Waals surface area contributed by atoms with Crippen LogP contribution in [-0.4, -0.2) is 51.3 Å². The minimum Gasteiger partial charge on any atom is -0.409 e. The lowest BCUT2D eigenvalue weighted by Crippen LogP contribution is -2.28. The first-order valence-electron chi connectivity index (χ1n) is 5.84. The quantitative estimate of drug-likeness (QED) is 0.267. The molecule has 0 unspecified atom stereocenters. The predicted molar refractivity (Wildman–Crippen MR) is 83.7 cm³/mol. The van der Waals surface area contributed by atoms with Crippen molar-refractivity contribution in [2.75, 3.05) is 36.8 Å². The molecule has 0 aliphatic rings. The van der Waals surface area contributed by atoms with E-state index in [0.717, 1.165) is 10.6 Å². The number of sulfone groups is 1. The number of anilines is 1. The van der Waals surface area contributed by atoms with Crippen molar-refractivity contribution in [2.45, 2.75) is 4.90 Å². The molecule has 0 bridgehead atoms. The molecule has 112 valence electrons. The zero-order valence-electron chi connectivity index (χ0n) is 11.7. The second-order valence-corrected chi connectivity index (χ2v) is 7.50. The van der Waals surface area contributed by atoms with Crippen LogP contribution < -0.4 is 10.6 Å². The van der Waals surface area contributed by atoms with E-state index in [1.807, 2.05) is 24.5 Å². The van der Waals surface area contributed by atoms with E-state index < -0.39 is 9.84 Å². The van der Waals surface area contributed by atoms with E-state index in [1.165, 1.54) is 18.0 Å². The van der Waals surface area contributed by atoms with Crippen molar-refractivity contribution in [1.82, 2.24) is 0 Å². The summed E-state index contributed by atoms with van der Waals surface area (Å²) in [6, 6.07) is 5.54. The summed E-state index contributed by atoms with van der Waals surface area (Å²) in [5.41, 5.74) is 7.07. The Labute approximate surface area is 123 Å². The van der Waals surface area contributed by atoms with Gasteiger partial charge in [0.05, 0.1) is 11.3 Å². The number of hydrogen-bond acceptors (Lipinski definition) is 6. The van der Waals surface area contributed by atoms with Crippen molar-refractivity contribution in [3.63, 3.8) is 0 Å². The molecule has 0 aromatic heterocycles. The Balaban J connectivity index is 3.17. The van der Waals surface area contributed by atoms with Crippen LogP contribution in [0, 0.1) is 0 Å². The minimum absolute atomic E-state index is 0.0103. The Morgan fingerprint density at radius 3 is 2.65 bits per heavy atom. The second kappa shape index (κ2) is 6.85. The van der Waals surface area contributed by atoms with Crippen LogP contribution in [0.5, 0.6) is 0 Å². The van der Waals surface area contributed by atoms with Gasteiger partial charge in [0.25, 0.3) is 0 Å². The Kier molecular flexibility index (Phi) is 5.70. The van der Waals surface area contributed by atoms with Crippen LogP contribution >= 0.6 is 11.8 Å². The number of rotatable bonds is 6. The maximum absolute atomic E-state index is 11.2. The smallest absolute Gasteiger partial charge is 0.173 e. The van der Waals surface area contributed by atoms with E-state index in [2.05, 4.69) is 5.16 Å². The van der Waals surface area contributed by atoms with Crippen molar-refractivity contribution in [2.24, 2.45) is 10.9 Å². The lowest BCUT2D eigenvalue weighted by atomic mass is 10.1. The number of amidine groups is 1. The molecule has 0 radical (unpaired) electrons. The van der Waals surface area contributed by atoms with Crippen molar-refractivity contribution in [1.29, 1.82) is 0 Å². The van der Waals surface area contributed by atoms with E-state index in [-0.39, 0.29) is 11.6 Å². The summed E-state index contributed by atoms with van der Waals surface area (Å²) in [7, 11) is -1.26. The van der Waals surface area contributed by atoms with Gasteiger partial charge in [0.15, 0.2) is 5.84 Å². The molecule has 1 aromatic carbocycles. The highest BCUT2D eigenvalue weighted by molar-refractivity contribution is 7.98. The molecule has 0 heterocycles. The predicted octanol–water partition coefficient (Wildman–Crippen LogP) is 0.984. The number of hydrogen-bond donors (Lipinski definition) is 2. The summed E-state index contributed by atoms with van der Waals surface area (Å²) in [6.45, 7) is 0.336. The molecule has 0 amide bonds. The van der Waals surface area contributed by atoms with E-state index in [4.69, 9.17) is 10.9 Å². The number of oxime groups is 1. The summed E-state index contributed by atoms with van der Waals surface area (Å²) in [5.74, 6) is 0.0546. The zero-order valence-corrected chi connectivity index (χ0v) is 13.3. The third-order valence-electron chi connectivity index (χ3n) is 2.80. The van der Waals surface area contributed by atoms with E-state index in [0.29, 0.717) is 12.1 Å². The molecule has 20 heavy (non-hydrogen) atoms. The van der Waals surface area contributed by atoms with Gasteiger partial charge in [-0.05, 0) is 18.4 Å². The van der Waals surface area contributed by atoms with Gasteiger partial charge in [0.1, 0.15) is 9.84 Å². The van der Waals surface area contributed by atoms with Crippen molar-refractivity contribution in [3.05, 3.63) is 23.8 Å². The Morgan fingerprint density at radius 2 is 2.15 bits per heavy atom. The van der Waals surface area contributed by atoms with Crippen LogP contribution in [0.3, 0.4) is 0 Å². The van der Waals surface area contributed by atoms with Gasteiger partial charge < -0.3 is 15.8 Å². The average molecular weight is 317 g/mol. The number of thioether (sulfide) groups is 1. The first-order chi connectivity index (χ1) is 9.30. The highest BCUT2D eigenvalue weighted by Gasteiger charge is 2.16. The van der Waals surface area contributed by atoms with Gasteiger partial charge >= 0.3 is 0 Å². The Morgan fingerprint density at radius 1 is 1.50 bits per heavy atom. The molecule has 1 aromatic rings. The van der Waals surface area contributed by atoms with Crippen LogP contribution in [0.25, 0.3) is 0 Å². The van der Waals surface area contributed by atoms with Crippen molar-refractivity contribution < 1.29 is 13.6 Å². The highest BCUT2D eigenvalue weighted by Crippen LogP contribution is 2.29. The molecule has 1 rings (SSSR count). The van der Waals surface area contributed by atoms with Crippen molar-refractivity contribution in [3.8, 4) is 0 Å². The monoisotopic (exact) mass is 317 g/mol. The number of nitrogens with two attached hydrogens (primary N) is 1. The SMILES string of the molecule is CSc1cccc(N(C)CCS(C)(=O)=O)c1/C(N)=N/O. The van der Waals surface area contributed by atoms with Gasteiger partial charge in [-0.1, -0.05) is 11.2 Å². The van der Waals surface area contributed by atoms with Crippen LogP contribution in [0.2, 0.25) is 0 Å². The van der Waals surface area contributed by atoms with Gasteiger partial charge in [0, 0.05) is 30.4 Å². The first kappa shape index (κ1) is 16.6. The van der Waals surface area contributed by atoms with E-state index in [1.54, 1.807) is 11.9 Å². The fourth-order valence-corrected chi connectivity index (χ4v) is 2.97. The molecule has 6 nitrogen and oxygen atoms in total. The fourth-order valence-electron chi connectivity index (χ4n) is 1.74. The molecular formula is C12H19N3O3S2. The molecule has 0 aliphatic heterocycles. The van der Waals surface area contributed by atoms with Crippen LogP contribution in [0.1, 0.15) is 5.56 Å². The molecule has 0 atom stereocenters. The molecule has 0 spiro atoms. The van der Waals surface area contributed by atoms with Crippen LogP contribution in [0.15, 0.2) is 28.3 Å². The summed E-state index contributed by atoms with van der Waals surface area (Å²) in [4.78, 5) is 2.65. The summed E-state index contributed by atoms with van der Waals surface area (Å²) in [5, 5.41) is 12.0. The lowest BCUT2D eigenvalue weighted by molar-refractivity contribution is 0.318. The molecule has 0 aliphatic carbocycles. The summed E-state index contributed by atoms with van der Waals surface area (Å²) < 4.78 is 22.5. The lowest BCUT2D eigenvalue weighted by Gasteiger charge is -2.23. The van der Waals surface area contributed by atoms with Crippen LogP contribution in [0.4, 0.5) is 5.69 Å². The third kappa shape index (κ3) is 4.31. The van der Waals surface area contributed by atoms with Crippen molar-refractivity contribution >= 4 is 33.1 Å². The van der Waals surface area contributed by atoms with E-state index >= 15 is 0 Å². The normalized spacial score (nSPS) is 12.4. The highest BCUT2D eigenvalue weighted by atomic mass is 32.2. The van der Waals surface area contributed by atoms with Crippen LogP contribution in [-0.2, 0) is 9.84 Å².